The molecule has 0 aliphatic carbocycles. The molecule has 3 rings (SSSR count). The summed E-state index contributed by atoms with van der Waals surface area (Å²) in [6.45, 7) is 10.7. The van der Waals surface area contributed by atoms with E-state index in [1.54, 1.807) is 12.1 Å². The number of aliphatic hydroxyl groups is 2. The van der Waals surface area contributed by atoms with Gasteiger partial charge in [-0.15, -0.1) is 0 Å². The van der Waals surface area contributed by atoms with Crippen LogP contribution in [0.4, 0.5) is 0 Å². The van der Waals surface area contributed by atoms with Crippen LogP contribution in [0.15, 0.2) is 30.3 Å². The van der Waals surface area contributed by atoms with E-state index in [0.29, 0.717) is 66.3 Å². The molecule has 2 aromatic rings. The lowest BCUT2D eigenvalue weighted by molar-refractivity contribution is -0.0713. The van der Waals surface area contributed by atoms with Gasteiger partial charge < -0.3 is 33.9 Å². The van der Waals surface area contributed by atoms with Crippen LogP contribution in [0.5, 0.6) is 28.7 Å². The zero-order valence-corrected chi connectivity index (χ0v) is 23.5. The van der Waals surface area contributed by atoms with Crippen LogP contribution >= 0.6 is 0 Å². The molecule has 0 bridgehead atoms. The third-order valence-corrected chi connectivity index (χ3v) is 6.59. The van der Waals surface area contributed by atoms with Crippen LogP contribution < -0.4 is 23.7 Å². The summed E-state index contributed by atoms with van der Waals surface area (Å²) < 4.78 is 30.3. The number of aliphatic hydroxyl groups excluding tert-OH is 2. The van der Waals surface area contributed by atoms with Crippen molar-refractivity contribution in [1.82, 2.24) is 0 Å². The maximum Gasteiger partial charge on any atom is 0.161 e. The van der Waals surface area contributed by atoms with Gasteiger partial charge in [-0.1, -0.05) is 59.4 Å². The predicted octanol–water partition coefficient (Wildman–Crippen LogP) is 6.93. The Bertz CT molecular complexity index is 977. The fourth-order valence-corrected chi connectivity index (χ4v) is 4.22. The van der Waals surface area contributed by atoms with E-state index in [9.17, 15) is 10.2 Å². The average molecular weight is 531 g/mol. The standard InChI is InChI=1S/C31H46O7/c1-5-9-15-34-23-20-26(37-18-12-8-4)28-27(21-23)38-31(30(33)29(28)32)22-13-14-24(35-16-10-6-2)25(19-22)36-17-11-7-3/h13-14,19-21,29-33H,5-12,15-18H2,1-4H3/t29-,30-,31?/m0/s1. The molecule has 0 saturated carbocycles. The van der Waals surface area contributed by atoms with Crippen LogP contribution in [0.1, 0.15) is 102 Å². The summed E-state index contributed by atoms with van der Waals surface area (Å²) in [4.78, 5) is 0. The van der Waals surface area contributed by atoms with Gasteiger partial charge >= 0.3 is 0 Å². The number of benzene rings is 2. The minimum Gasteiger partial charge on any atom is -0.493 e. The topological polar surface area (TPSA) is 86.6 Å². The molecule has 1 heterocycles. The molecule has 38 heavy (non-hydrogen) atoms. The molecular weight excluding hydrogens is 484 g/mol. The molecule has 0 amide bonds. The number of hydrogen-bond donors (Lipinski definition) is 2. The molecule has 7 heteroatoms. The third-order valence-electron chi connectivity index (χ3n) is 6.59. The molecule has 1 aliphatic heterocycles. The van der Waals surface area contributed by atoms with Gasteiger partial charge in [-0.25, -0.2) is 0 Å². The highest BCUT2D eigenvalue weighted by Gasteiger charge is 2.40. The molecule has 212 valence electrons. The van der Waals surface area contributed by atoms with Crippen LogP contribution in [-0.4, -0.2) is 42.7 Å². The minimum absolute atomic E-state index is 0.449. The summed E-state index contributed by atoms with van der Waals surface area (Å²) in [6.07, 6.45) is 4.58. The second kappa shape index (κ2) is 15.7. The van der Waals surface area contributed by atoms with Gasteiger partial charge in [-0.3, -0.25) is 0 Å². The van der Waals surface area contributed by atoms with Crippen LogP contribution in [0.25, 0.3) is 0 Å². The summed E-state index contributed by atoms with van der Waals surface area (Å²) in [5.74, 6) is 2.83. The highest BCUT2D eigenvalue weighted by atomic mass is 16.5. The van der Waals surface area contributed by atoms with Crippen molar-refractivity contribution in [3.8, 4) is 28.7 Å². The van der Waals surface area contributed by atoms with Gasteiger partial charge in [0.25, 0.3) is 0 Å². The Hall–Kier alpha value is -2.64. The van der Waals surface area contributed by atoms with Gasteiger partial charge in [0.2, 0.25) is 0 Å². The lowest BCUT2D eigenvalue weighted by Gasteiger charge is -2.36. The first kappa shape index (κ1) is 29.9. The highest BCUT2D eigenvalue weighted by Crippen LogP contribution is 2.48. The molecule has 7 nitrogen and oxygen atoms in total. The predicted molar refractivity (Wildman–Crippen MR) is 149 cm³/mol. The largest absolute Gasteiger partial charge is 0.493 e. The van der Waals surface area contributed by atoms with E-state index in [2.05, 4.69) is 27.7 Å². The quantitative estimate of drug-likeness (QED) is 0.214. The van der Waals surface area contributed by atoms with E-state index in [1.165, 1.54) is 0 Å². The summed E-state index contributed by atoms with van der Waals surface area (Å²) in [6, 6.07) is 9.13. The smallest absolute Gasteiger partial charge is 0.161 e. The van der Waals surface area contributed by atoms with Gasteiger partial charge in [0, 0.05) is 12.1 Å². The molecule has 0 radical (unpaired) electrons. The van der Waals surface area contributed by atoms with E-state index < -0.39 is 18.3 Å². The van der Waals surface area contributed by atoms with E-state index in [-0.39, 0.29) is 0 Å². The Morgan fingerprint density at radius 1 is 0.658 bits per heavy atom. The zero-order chi connectivity index (χ0) is 27.3. The van der Waals surface area contributed by atoms with Crippen LogP contribution in [0.2, 0.25) is 0 Å². The Morgan fingerprint density at radius 2 is 1.21 bits per heavy atom. The van der Waals surface area contributed by atoms with Gasteiger partial charge in [-0.2, -0.15) is 0 Å². The van der Waals surface area contributed by atoms with E-state index >= 15 is 0 Å². The molecule has 0 saturated heterocycles. The molecule has 1 unspecified atom stereocenters. The molecule has 0 aromatic heterocycles. The second-order valence-electron chi connectivity index (χ2n) is 9.82. The van der Waals surface area contributed by atoms with Gasteiger partial charge in [-0.05, 0) is 43.4 Å². The van der Waals surface area contributed by atoms with E-state index in [4.69, 9.17) is 23.7 Å². The van der Waals surface area contributed by atoms with Crippen LogP contribution in [0.3, 0.4) is 0 Å². The molecule has 0 spiro atoms. The third kappa shape index (κ3) is 7.93. The summed E-state index contributed by atoms with van der Waals surface area (Å²) in [7, 11) is 0. The van der Waals surface area contributed by atoms with Crippen molar-refractivity contribution in [3.05, 3.63) is 41.5 Å². The fourth-order valence-electron chi connectivity index (χ4n) is 4.22. The molecule has 2 aromatic carbocycles. The van der Waals surface area contributed by atoms with Crippen molar-refractivity contribution in [2.75, 3.05) is 26.4 Å². The summed E-state index contributed by atoms with van der Waals surface area (Å²) in [5, 5.41) is 22.4. The van der Waals surface area contributed by atoms with Crippen molar-refractivity contribution in [2.24, 2.45) is 0 Å². The minimum atomic E-state index is -1.20. The fraction of sp³-hybridized carbons (Fsp3) is 0.613. The van der Waals surface area contributed by atoms with Crippen molar-refractivity contribution < 1.29 is 33.9 Å². The maximum absolute atomic E-state index is 11.2. The first-order chi connectivity index (χ1) is 18.5. The van der Waals surface area contributed by atoms with Crippen LogP contribution in [0, 0.1) is 0 Å². The highest BCUT2D eigenvalue weighted by molar-refractivity contribution is 5.54. The molecule has 1 aliphatic rings. The first-order valence-corrected chi connectivity index (χ1v) is 14.4. The SMILES string of the molecule is CCCCOc1cc(OCCCC)c2c(c1)OC(c1ccc(OCCCC)c(OCCCC)c1)[C@@H](O)[C@H]2O. The summed E-state index contributed by atoms with van der Waals surface area (Å²) in [5.41, 5.74) is 1.15. The number of ether oxygens (including phenoxy) is 5. The van der Waals surface area contributed by atoms with Crippen molar-refractivity contribution in [2.45, 2.75) is 97.4 Å². The number of rotatable bonds is 17. The number of hydrogen-bond acceptors (Lipinski definition) is 7. The normalized spacial score (nSPS) is 18.4. The van der Waals surface area contributed by atoms with Crippen molar-refractivity contribution in [3.63, 3.8) is 0 Å². The summed E-state index contributed by atoms with van der Waals surface area (Å²) >= 11 is 0. The zero-order valence-electron chi connectivity index (χ0n) is 23.5. The first-order valence-electron chi connectivity index (χ1n) is 14.4. The number of unbranched alkanes of at least 4 members (excludes halogenated alkanes) is 4. The monoisotopic (exact) mass is 530 g/mol. The molecule has 2 N–H and O–H groups in total. The van der Waals surface area contributed by atoms with Gasteiger partial charge in [0.1, 0.15) is 29.5 Å². The Balaban J connectivity index is 1.92. The van der Waals surface area contributed by atoms with Crippen molar-refractivity contribution in [1.29, 1.82) is 0 Å². The Kier molecular flexibility index (Phi) is 12.4. The average Bonchev–Trinajstić information content (AvgIpc) is 2.92. The maximum atomic E-state index is 11.2. The number of fused-ring (bicyclic) bond motifs is 1. The molecule has 3 atom stereocenters. The van der Waals surface area contributed by atoms with E-state index in [1.807, 2.05) is 18.2 Å². The van der Waals surface area contributed by atoms with Crippen LogP contribution in [-0.2, 0) is 0 Å². The molecule has 0 fully saturated rings. The van der Waals surface area contributed by atoms with E-state index in [0.717, 1.165) is 51.4 Å². The van der Waals surface area contributed by atoms with Gasteiger partial charge in [0.05, 0.1) is 32.0 Å². The Labute approximate surface area is 228 Å². The van der Waals surface area contributed by atoms with Crippen molar-refractivity contribution >= 4 is 0 Å². The molecular formula is C31H46O7. The van der Waals surface area contributed by atoms with Gasteiger partial charge in [0.15, 0.2) is 17.6 Å². The Morgan fingerprint density at radius 3 is 1.82 bits per heavy atom. The second-order valence-corrected chi connectivity index (χ2v) is 9.82. The lowest BCUT2D eigenvalue weighted by Crippen LogP contribution is -2.34. The lowest BCUT2D eigenvalue weighted by atomic mass is 9.91.